The van der Waals surface area contributed by atoms with E-state index in [0.29, 0.717) is 13.0 Å². The third-order valence-electron chi connectivity index (χ3n) is 3.84. The number of hydrogen-bond acceptors (Lipinski definition) is 5. The number of benzene rings is 1. The maximum absolute atomic E-state index is 12.1. The SMILES string of the molecule is COc1ccc(C2=NOC(C(=O)NCCCn3ccnc3)C2)cc1. The number of ether oxygens (including phenoxy) is 1. The van der Waals surface area contributed by atoms with Crippen LogP contribution >= 0.6 is 0 Å². The molecule has 2 heterocycles. The Morgan fingerprint density at radius 2 is 2.25 bits per heavy atom. The van der Waals surface area contributed by atoms with Crippen molar-refractivity contribution < 1.29 is 14.4 Å². The molecule has 24 heavy (non-hydrogen) atoms. The van der Waals surface area contributed by atoms with Crippen LogP contribution in [0.1, 0.15) is 18.4 Å². The summed E-state index contributed by atoms with van der Waals surface area (Å²) in [5.74, 6) is 0.651. The van der Waals surface area contributed by atoms with E-state index < -0.39 is 6.10 Å². The topological polar surface area (TPSA) is 77.7 Å². The van der Waals surface area contributed by atoms with E-state index >= 15 is 0 Å². The highest BCUT2D eigenvalue weighted by Gasteiger charge is 2.28. The van der Waals surface area contributed by atoms with Crippen LogP contribution in [-0.2, 0) is 16.2 Å². The highest BCUT2D eigenvalue weighted by Crippen LogP contribution is 2.19. The maximum atomic E-state index is 12.1. The molecule has 0 radical (unpaired) electrons. The van der Waals surface area contributed by atoms with E-state index in [1.54, 1.807) is 19.6 Å². The second kappa shape index (κ2) is 7.63. The molecule has 0 aliphatic carbocycles. The molecule has 2 aromatic rings. The van der Waals surface area contributed by atoms with E-state index in [2.05, 4.69) is 15.5 Å². The largest absolute Gasteiger partial charge is 0.497 e. The summed E-state index contributed by atoms with van der Waals surface area (Å²) >= 11 is 0. The van der Waals surface area contributed by atoms with Crippen molar-refractivity contribution in [2.45, 2.75) is 25.5 Å². The number of oxime groups is 1. The van der Waals surface area contributed by atoms with Gasteiger partial charge < -0.3 is 19.5 Å². The van der Waals surface area contributed by atoms with Crippen molar-refractivity contribution in [1.82, 2.24) is 14.9 Å². The van der Waals surface area contributed by atoms with Crippen molar-refractivity contribution in [1.29, 1.82) is 0 Å². The van der Waals surface area contributed by atoms with Gasteiger partial charge in [-0.05, 0) is 36.2 Å². The van der Waals surface area contributed by atoms with Gasteiger partial charge in [-0.1, -0.05) is 5.16 Å². The van der Waals surface area contributed by atoms with Gasteiger partial charge in [0.1, 0.15) is 5.75 Å². The molecular weight excluding hydrogens is 308 g/mol. The van der Waals surface area contributed by atoms with E-state index in [4.69, 9.17) is 9.57 Å². The second-order valence-electron chi connectivity index (χ2n) is 5.51. The lowest BCUT2D eigenvalue weighted by molar-refractivity contribution is -0.131. The summed E-state index contributed by atoms with van der Waals surface area (Å²) in [6.45, 7) is 1.41. The molecule has 126 valence electrons. The van der Waals surface area contributed by atoms with Crippen molar-refractivity contribution in [2.24, 2.45) is 5.16 Å². The van der Waals surface area contributed by atoms with E-state index in [9.17, 15) is 4.79 Å². The average molecular weight is 328 g/mol. The quantitative estimate of drug-likeness (QED) is 0.783. The van der Waals surface area contributed by atoms with Crippen molar-refractivity contribution in [3.8, 4) is 5.75 Å². The molecule has 1 aromatic carbocycles. The van der Waals surface area contributed by atoms with Crippen molar-refractivity contribution >= 4 is 11.6 Å². The molecule has 0 saturated heterocycles. The molecule has 0 bridgehead atoms. The monoisotopic (exact) mass is 328 g/mol. The predicted molar refractivity (Wildman–Crippen MR) is 88.9 cm³/mol. The van der Waals surface area contributed by atoms with Crippen LogP contribution in [0.25, 0.3) is 0 Å². The average Bonchev–Trinajstić information content (AvgIpc) is 3.30. The Kier molecular flexibility index (Phi) is 5.10. The first-order valence-electron chi connectivity index (χ1n) is 7.87. The molecule has 1 unspecified atom stereocenters. The fraction of sp³-hybridized carbons (Fsp3) is 0.353. The number of hydrogen-bond donors (Lipinski definition) is 1. The molecule has 1 aromatic heterocycles. The molecule has 7 nitrogen and oxygen atoms in total. The zero-order valence-electron chi connectivity index (χ0n) is 13.5. The first-order valence-corrected chi connectivity index (χ1v) is 7.87. The second-order valence-corrected chi connectivity index (χ2v) is 5.51. The van der Waals surface area contributed by atoms with Crippen molar-refractivity contribution in [3.63, 3.8) is 0 Å². The number of carbonyl (C=O) groups excluding carboxylic acids is 1. The smallest absolute Gasteiger partial charge is 0.264 e. The molecule has 1 N–H and O–H groups in total. The van der Waals surface area contributed by atoms with Crippen molar-refractivity contribution in [2.75, 3.05) is 13.7 Å². The zero-order valence-corrected chi connectivity index (χ0v) is 13.5. The van der Waals surface area contributed by atoms with E-state index in [1.165, 1.54) is 0 Å². The summed E-state index contributed by atoms with van der Waals surface area (Å²) in [6.07, 6.45) is 6.15. The number of amides is 1. The maximum Gasteiger partial charge on any atom is 0.264 e. The van der Waals surface area contributed by atoms with Gasteiger partial charge >= 0.3 is 0 Å². The summed E-state index contributed by atoms with van der Waals surface area (Å²) in [5.41, 5.74) is 1.71. The lowest BCUT2D eigenvalue weighted by Crippen LogP contribution is -2.35. The molecule has 7 heteroatoms. The number of carbonyl (C=O) groups is 1. The van der Waals surface area contributed by atoms with Gasteiger partial charge in [0.05, 0.1) is 19.1 Å². The predicted octanol–water partition coefficient (Wildman–Crippen LogP) is 1.59. The van der Waals surface area contributed by atoms with E-state index in [-0.39, 0.29) is 5.91 Å². The lowest BCUT2D eigenvalue weighted by atomic mass is 10.0. The van der Waals surface area contributed by atoms with Gasteiger partial charge in [0.15, 0.2) is 0 Å². The number of nitrogens with zero attached hydrogens (tertiary/aromatic N) is 3. The van der Waals surface area contributed by atoms with Crippen LogP contribution in [0.15, 0.2) is 48.1 Å². The summed E-state index contributed by atoms with van der Waals surface area (Å²) in [4.78, 5) is 21.4. The third kappa shape index (κ3) is 3.92. The third-order valence-corrected chi connectivity index (χ3v) is 3.84. The van der Waals surface area contributed by atoms with Crippen LogP contribution in [-0.4, -0.2) is 40.9 Å². The Morgan fingerprint density at radius 3 is 2.96 bits per heavy atom. The summed E-state index contributed by atoms with van der Waals surface area (Å²) in [7, 11) is 1.62. The highest BCUT2D eigenvalue weighted by atomic mass is 16.6. The molecule has 1 atom stereocenters. The number of nitrogens with one attached hydrogen (secondary N) is 1. The Morgan fingerprint density at radius 1 is 1.42 bits per heavy atom. The molecule has 0 fully saturated rings. The van der Waals surface area contributed by atoms with E-state index in [1.807, 2.05) is 35.0 Å². The molecule has 0 spiro atoms. The van der Waals surface area contributed by atoms with Gasteiger partial charge in [-0.2, -0.15) is 0 Å². The van der Waals surface area contributed by atoms with Gasteiger partial charge in [-0.15, -0.1) is 0 Å². The Labute approximate surface area is 140 Å². The molecular formula is C17H20N4O3. The normalized spacial score (nSPS) is 16.4. The molecule has 3 rings (SSSR count). The number of rotatable bonds is 7. The summed E-state index contributed by atoms with van der Waals surface area (Å²) in [5, 5.41) is 6.92. The van der Waals surface area contributed by atoms with Gasteiger partial charge in [-0.3, -0.25) is 4.79 Å². The number of imidazole rings is 1. The van der Waals surface area contributed by atoms with Crippen LogP contribution < -0.4 is 10.1 Å². The number of aryl methyl sites for hydroxylation is 1. The van der Waals surface area contributed by atoms with Gasteiger partial charge in [-0.25, -0.2) is 4.98 Å². The standard InChI is InChI=1S/C17H20N4O3/c1-23-14-5-3-13(4-6-14)15-11-16(24-20-15)17(22)19-7-2-9-21-10-8-18-12-21/h3-6,8,10,12,16H,2,7,9,11H2,1H3,(H,19,22). The van der Waals surface area contributed by atoms with Crippen LogP contribution in [0.4, 0.5) is 0 Å². The lowest BCUT2D eigenvalue weighted by Gasteiger charge is -2.09. The van der Waals surface area contributed by atoms with Crippen molar-refractivity contribution in [3.05, 3.63) is 48.5 Å². The van der Waals surface area contributed by atoms with Crippen LogP contribution in [0.5, 0.6) is 5.75 Å². The summed E-state index contributed by atoms with van der Waals surface area (Å²) in [6, 6.07) is 7.54. The van der Waals surface area contributed by atoms with Crippen LogP contribution in [0.2, 0.25) is 0 Å². The highest BCUT2D eigenvalue weighted by molar-refractivity contribution is 6.04. The fourth-order valence-electron chi connectivity index (χ4n) is 2.48. The van der Waals surface area contributed by atoms with Crippen LogP contribution in [0.3, 0.4) is 0 Å². The minimum absolute atomic E-state index is 0.132. The molecule has 1 amide bonds. The molecule has 1 aliphatic heterocycles. The number of aromatic nitrogens is 2. The summed E-state index contributed by atoms with van der Waals surface area (Å²) < 4.78 is 7.11. The Balaban J connectivity index is 1.42. The van der Waals surface area contributed by atoms with E-state index in [0.717, 1.165) is 30.0 Å². The van der Waals surface area contributed by atoms with Gasteiger partial charge in [0.25, 0.3) is 5.91 Å². The molecule has 1 aliphatic rings. The minimum Gasteiger partial charge on any atom is -0.497 e. The Bertz CT molecular complexity index is 695. The minimum atomic E-state index is -0.560. The Hall–Kier alpha value is -2.83. The number of methoxy groups -OCH3 is 1. The molecule has 0 saturated carbocycles. The fourth-order valence-corrected chi connectivity index (χ4v) is 2.48. The zero-order chi connectivity index (χ0) is 16.8. The first-order chi connectivity index (χ1) is 11.8. The van der Waals surface area contributed by atoms with Crippen LogP contribution in [0, 0.1) is 0 Å². The van der Waals surface area contributed by atoms with Gasteiger partial charge in [0, 0.05) is 31.9 Å². The van der Waals surface area contributed by atoms with Gasteiger partial charge in [0.2, 0.25) is 6.10 Å². The first kappa shape index (κ1) is 16.0.